The lowest BCUT2D eigenvalue weighted by molar-refractivity contribution is -0.143. The van der Waals surface area contributed by atoms with Crippen molar-refractivity contribution in [2.75, 3.05) is 20.8 Å². The van der Waals surface area contributed by atoms with Crippen LogP contribution in [0.4, 0.5) is 9.18 Å². The Morgan fingerprint density at radius 1 is 1.19 bits per heavy atom. The van der Waals surface area contributed by atoms with E-state index < -0.39 is 24.5 Å². The van der Waals surface area contributed by atoms with Crippen LogP contribution in [0.15, 0.2) is 42.1 Å². The number of rotatable bonds is 7. The molecule has 3 rings (SSSR count). The monoisotopic (exact) mass is 448 g/mol. The summed E-state index contributed by atoms with van der Waals surface area (Å²) in [5.41, 5.74) is 1.15. The molecule has 1 heterocycles. The fraction of sp³-hybridized carbons (Fsp3) is 0.190. The van der Waals surface area contributed by atoms with Gasteiger partial charge in [-0.3, -0.25) is 9.59 Å². The van der Waals surface area contributed by atoms with Crippen LogP contribution < -0.4 is 14.8 Å². The van der Waals surface area contributed by atoms with E-state index in [1.165, 1.54) is 31.4 Å². The van der Waals surface area contributed by atoms with E-state index in [1.54, 1.807) is 18.2 Å². The molecule has 1 aliphatic rings. The molecule has 31 heavy (non-hydrogen) atoms. The smallest absolute Gasteiger partial charge is 0.329 e. The van der Waals surface area contributed by atoms with Crippen LogP contribution in [0.1, 0.15) is 11.1 Å². The van der Waals surface area contributed by atoms with Crippen molar-refractivity contribution in [2.45, 2.75) is 6.61 Å². The first kappa shape index (κ1) is 22.1. The summed E-state index contributed by atoms with van der Waals surface area (Å²) in [6.07, 6.45) is 1.40. The van der Waals surface area contributed by atoms with E-state index in [9.17, 15) is 18.8 Å². The summed E-state index contributed by atoms with van der Waals surface area (Å²) in [4.78, 5) is 36.5. The van der Waals surface area contributed by atoms with Gasteiger partial charge in [-0.05, 0) is 41.5 Å². The number of hydrogen-bond acceptors (Lipinski definition) is 6. The summed E-state index contributed by atoms with van der Waals surface area (Å²) < 4.78 is 28.6. The zero-order valence-electron chi connectivity index (χ0n) is 16.6. The van der Waals surface area contributed by atoms with E-state index >= 15 is 0 Å². The molecular weight excluding hydrogens is 431 g/mol. The lowest BCUT2D eigenvalue weighted by Crippen LogP contribution is -2.36. The number of esters is 1. The molecule has 1 saturated heterocycles. The van der Waals surface area contributed by atoms with Gasteiger partial charge in [-0.2, -0.15) is 0 Å². The number of amides is 3. The Hall–Kier alpha value is -3.59. The number of methoxy groups -OCH3 is 2. The van der Waals surface area contributed by atoms with Crippen LogP contribution >= 0.6 is 11.6 Å². The number of ether oxygens (including phenoxy) is 3. The SMILES string of the molecule is COC(=O)CN1C(=O)N/C(=C/c2cc(Cl)c(OCc3ccc(F)cc3)c(OC)c2)C1=O. The van der Waals surface area contributed by atoms with Crippen molar-refractivity contribution in [3.63, 3.8) is 0 Å². The molecular formula is C21H18ClFN2O6. The van der Waals surface area contributed by atoms with Gasteiger partial charge in [-0.1, -0.05) is 23.7 Å². The van der Waals surface area contributed by atoms with Gasteiger partial charge in [0.2, 0.25) is 0 Å². The number of halogens is 2. The number of nitrogens with zero attached hydrogens (tertiary/aromatic N) is 1. The number of carbonyl (C=O) groups excluding carboxylic acids is 3. The molecule has 0 aliphatic carbocycles. The first-order chi connectivity index (χ1) is 14.8. The van der Waals surface area contributed by atoms with Crippen LogP contribution in [0, 0.1) is 5.82 Å². The van der Waals surface area contributed by atoms with Gasteiger partial charge in [-0.15, -0.1) is 0 Å². The standard InChI is InChI=1S/C21H18ClFN2O6/c1-29-17-9-13(8-16-20(27)25(21(28)24-16)10-18(26)30-2)7-15(22)19(17)31-11-12-3-5-14(23)6-4-12/h3-9H,10-11H2,1-2H3,(H,24,28)/b16-8+. The molecule has 0 saturated carbocycles. The van der Waals surface area contributed by atoms with Gasteiger partial charge in [0.15, 0.2) is 11.5 Å². The summed E-state index contributed by atoms with van der Waals surface area (Å²) in [5, 5.41) is 2.60. The number of imide groups is 1. The highest BCUT2D eigenvalue weighted by atomic mass is 35.5. The highest BCUT2D eigenvalue weighted by molar-refractivity contribution is 6.32. The minimum atomic E-state index is -0.737. The molecule has 10 heteroatoms. The van der Waals surface area contributed by atoms with Crippen LogP contribution in [0.5, 0.6) is 11.5 Å². The highest BCUT2D eigenvalue weighted by Crippen LogP contribution is 2.37. The molecule has 8 nitrogen and oxygen atoms in total. The highest BCUT2D eigenvalue weighted by Gasteiger charge is 2.35. The number of carbonyl (C=O) groups is 3. The van der Waals surface area contributed by atoms with Gasteiger partial charge < -0.3 is 19.5 Å². The Bertz CT molecular complexity index is 1050. The summed E-state index contributed by atoms with van der Waals surface area (Å²) in [6.45, 7) is -0.368. The average Bonchev–Trinajstić information content (AvgIpc) is 3.01. The number of nitrogens with one attached hydrogen (secondary N) is 1. The number of hydrogen-bond donors (Lipinski definition) is 1. The Labute approximate surface area is 182 Å². The molecule has 0 aromatic heterocycles. The molecule has 0 atom stereocenters. The third-order valence-electron chi connectivity index (χ3n) is 4.34. The second kappa shape index (κ2) is 9.48. The van der Waals surface area contributed by atoms with Gasteiger partial charge in [0, 0.05) is 0 Å². The van der Waals surface area contributed by atoms with E-state index in [1.807, 2.05) is 0 Å². The zero-order valence-corrected chi connectivity index (χ0v) is 17.4. The third kappa shape index (κ3) is 5.13. The molecule has 2 aromatic carbocycles. The fourth-order valence-electron chi connectivity index (χ4n) is 2.77. The molecule has 1 aliphatic heterocycles. The van der Waals surface area contributed by atoms with Crippen molar-refractivity contribution >= 4 is 35.6 Å². The van der Waals surface area contributed by atoms with Gasteiger partial charge >= 0.3 is 12.0 Å². The maximum atomic E-state index is 13.0. The van der Waals surface area contributed by atoms with Crippen LogP contribution in [-0.4, -0.2) is 43.6 Å². The summed E-state index contributed by atoms with van der Waals surface area (Å²) >= 11 is 6.33. The minimum absolute atomic E-state index is 0.0352. The van der Waals surface area contributed by atoms with E-state index in [-0.39, 0.29) is 28.9 Å². The lowest BCUT2D eigenvalue weighted by Gasteiger charge is -2.13. The van der Waals surface area contributed by atoms with E-state index in [4.69, 9.17) is 21.1 Å². The lowest BCUT2D eigenvalue weighted by atomic mass is 10.1. The molecule has 162 valence electrons. The molecule has 2 aromatic rings. The fourth-order valence-corrected chi connectivity index (χ4v) is 3.05. The predicted octanol–water partition coefficient (Wildman–Crippen LogP) is 3.13. The van der Waals surface area contributed by atoms with Crippen molar-refractivity contribution < 1.29 is 33.0 Å². The Balaban J connectivity index is 1.80. The van der Waals surface area contributed by atoms with Crippen LogP contribution in [0.2, 0.25) is 5.02 Å². The van der Waals surface area contributed by atoms with Crippen molar-refractivity contribution in [1.29, 1.82) is 0 Å². The van der Waals surface area contributed by atoms with Crippen LogP contribution in [0.3, 0.4) is 0 Å². The van der Waals surface area contributed by atoms with Crippen LogP contribution in [-0.2, 0) is 20.9 Å². The minimum Gasteiger partial charge on any atom is -0.493 e. The molecule has 0 spiro atoms. The van der Waals surface area contributed by atoms with Crippen molar-refractivity contribution in [3.8, 4) is 11.5 Å². The topological polar surface area (TPSA) is 94.2 Å². The second-order valence-electron chi connectivity index (χ2n) is 6.40. The Morgan fingerprint density at radius 3 is 2.55 bits per heavy atom. The first-order valence-electron chi connectivity index (χ1n) is 8.98. The molecule has 1 fully saturated rings. The van der Waals surface area contributed by atoms with Gasteiger partial charge in [0.05, 0.1) is 19.2 Å². The van der Waals surface area contributed by atoms with E-state index in [0.717, 1.165) is 17.6 Å². The maximum absolute atomic E-state index is 13.0. The second-order valence-corrected chi connectivity index (χ2v) is 6.81. The maximum Gasteiger partial charge on any atom is 0.329 e. The van der Waals surface area contributed by atoms with E-state index in [2.05, 4.69) is 10.1 Å². The van der Waals surface area contributed by atoms with Crippen molar-refractivity contribution in [1.82, 2.24) is 10.2 Å². The number of benzene rings is 2. The van der Waals surface area contributed by atoms with Crippen molar-refractivity contribution in [3.05, 3.63) is 64.1 Å². The zero-order chi connectivity index (χ0) is 22.5. The molecule has 3 amide bonds. The molecule has 0 bridgehead atoms. The molecule has 1 N–H and O–H groups in total. The van der Waals surface area contributed by atoms with Gasteiger partial charge in [0.25, 0.3) is 5.91 Å². The largest absolute Gasteiger partial charge is 0.493 e. The Kier molecular flexibility index (Phi) is 6.76. The predicted molar refractivity (Wildman–Crippen MR) is 109 cm³/mol. The van der Waals surface area contributed by atoms with E-state index in [0.29, 0.717) is 11.3 Å². The first-order valence-corrected chi connectivity index (χ1v) is 9.36. The average molecular weight is 449 g/mol. The normalized spacial score (nSPS) is 14.6. The Morgan fingerprint density at radius 2 is 1.90 bits per heavy atom. The third-order valence-corrected chi connectivity index (χ3v) is 4.62. The van der Waals surface area contributed by atoms with Crippen molar-refractivity contribution in [2.24, 2.45) is 0 Å². The molecule has 0 unspecified atom stereocenters. The summed E-state index contributed by atoms with van der Waals surface area (Å²) in [5.74, 6) is -1.19. The quantitative estimate of drug-likeness (QED) is 0.397. The summed E-state index contributed by atoms with van der Waals surface area (Å²) in [6, 6.07) is 8.18. The van der Waals surface area contributed by atoms with Gasteiger partial charge in [-0.25, -0.2) is 14.1 Å². The van der Waals surface area contributed by atoms with Crippen LogP contribution in [0.25, 0.3) is 6.08 Å². The number of urea groups is 1. The van der Waals surface area contributed by atoms with Gasteiger partial charge in [0.1, 0.15) is 24.7 Å². The molecule has 0 radical (unpaired) electrons. The summed E-state index contributed by atoms with van der Waals surface area (Å²) in [7, 11) is 2.58.